The predicted molar refractivity (Wildman–Crippen MR) is 91.1 cm³/mol. The second-order valence-corrected chi connectivity index (χ2v) is 55.0. The van der Waals surface area contributed by atoms with Crippen LogP contribution >= 0.6 is 37.4 Å². The second kappa shape index (κ2) is 8.20. The molecule has 14 heavy (non-hydrogen) atoms. The normalized spacial score (nSPS) is 15.6. The van der Waals surface area contributed by atoms with E-state index in [0.717, 1.165) is 0 Å². The molecule has 0 aliphatic carbocycles. The molecule has 0 rings (SSSR count). The molecule has 0 unspecified atom stereocenters. The van der Waals surface area contributed by atoms with Crippen molar-refractivity contribution in [3.8, 4) is 0 Å². The third-order valence-corrected chi connectivity index (χ3v) is 15.1. The molecule has 0 atom stereocenters. The fourth-order valence-electron chi connectivity index (χ4n) is 1.24. The fraction of sp³-hybridized carbons (Fsp3) is 1.00. The number of halogens is 2. The topological polar surface area (TPSA) is 0 Å². The van der Waals surface area contributed by atoms with Gasteiger partial charge in [0.05, 0.1) is 0 Å². The van der Waals surface area contributed by atoms with Crippen LogP contribution < -0.4 is 0 Å². The maximum atomic E-state index is 2.75. The van der Waals surface area contributed by atoms with Crippen molar-refractivity contribution in [2.24, 2.45) is 0 Å². The molecule has 0 radical (unpaired) electrons. The van der Waals surface area contributed by atoms with Crippen LogP contribution in [0.5, 0.6) is 0 Å². The van der Waals surface area contributed by atoms with Gasteiger partial charge in [0, 0.05) is 0 Å². The number of hydrogen-bond donors (Lipinski definition) is 0. The molecule has 0 nitrogen and oxygen atoms in total. The second-order valence-electron chi connectivity index (χ2n) is 4.63. The zero-order valence-corrected chi connectivity index (χ0v) is 18.8. The van der Waals surface area contributed by atoms with Crippen molar-refractivity contribution in [3.05, 3.63) is 0 Å². The molecule has 0 spiro atoms. The summed E-state index contributed by atoms with van der Waals surface area (Å²) in [5.41, 5.74) is 0. The van der Waals surface area contributed by atoms with Gasteiger partial charge >= 0.3 is 120 Å². The Morgan fingerprint density at radius 1 is 0.643 bits per heavy atom. The Morgan fingerprint density at radius 2 is 0.929 bits per heavy atom. The molecular formula is C10H24I2Te2. The Kier molecular flexibility index (Phi) is 9.97. The third-order valence-electron chi connectivity index (χ3n) is 2.01. The minimum atomic E-state index is -1.25. The summed E-state index contributed by atoms with van der Waals surface area (Å²) in [7, 11) is 0. The molecular weight excluding hydrogens is 629 g/mol. The Hall–Kier alpha value is 3.04. The molecule has 0 N–H and O–H groups in total. The van der Waals surface area contributed by atoms with Gasteiger partial charge in [0.1, 0.15) is 0 Å². The molecule has 0 heterocycles. The Bertz CT molecular complexity index is 129. The molecule has 0 fully saturated rings. The number of hydrogen-bond acceptors (Lipinski definition) is 0. The first-order valence-electron chi connectivity index (χ1n) is 5.02. The number of rotatable bonds is 7. The molecule has 90 valence electrons. The van der Waals surface area contributed by atoms with Crippen molar-refractivity contribution in [2.45, 2.75) is 54.5 Å². The van der Waals surface area contributed by atoms with Gasteiger partial charge in [0.25, 0.3) is 0 Å². The van der Waals surface area contributed by atoms with Crippen molar-refractivity contribution in [1.29, 1.82) is 0 Å². The first kappa shape index (κ1) is 17.0. The molecule has 0 saturated carbocycles. The first-order valence-corrected chi connectivity index (χ1v) is 31.2. The summed E-state index contributed by atoms with van der Waals surface area (Å²) in [5.74, 6) is 0. The fourth-order valence-corrected chi connectivity index (χ4v) is 10.5. The first-order chi connectivity index (χ1) is 6.21. The predicted octanol–water partition coefficient (Wildman–Crippen LogP) is 5.83. The zero-order valence-electron chi connectivity index (χ0n) is 9.82. The van der Waals surface area contributed by atoms with Crippen molar-refractivity contribution in [3.63, 3.8) is 0 Å². The van der Waals surface area contributed by atoms with E-state index >= 15 is 0 Å². The van der Waals surface area contributed by atoms with E-state index in [4.69, 9.17) is 0 Å². The average Bonchev–Trinajstić information content (AvgIpc) is 1.92. The van der Waals surface area contributed by atoms with E-state index in [1.54, 1.807) is 8.94 Å². The van der Waals surface area contributed by atoms with Crippen LogP contribution in [0.1, 0.15) is 25.7 Å². The zero-order chi connectivity index (χ0) is 11.2. The van der Waals surface area contributed by atoms with Crippen LogP contribution in [0.25, 0.3) is 0 Å². The van der Waals surface area contributed by atoms with Gasteiger partial charge in [-0.15, -0.1) is 0 Å². The minimum absolute atomic E-state index is 1.25. The van der Waals surface area contributed by atoms with E-state index in [2.05, 4.69) is 57.3 Å². The molecule has 4 heteroatoms. The molecule has 0 aromatic carbocycles. The van der Waals surface area contributed by atoms with Crippen LogP contribution in [0, 0.1) is 0 Å². The summed E-state index contributed by atoms with van der Waals surface area (Å²) >= 11 is 3.00. The van der Waals surface area contributed by atoms with Gasteiger partial charge in [-0.25, -0.2) is 0 Å². The van der Waals surface area contributed by atoms with Gasteiger partial charge in [-0.1, -0.05) is 0 Å². The Labute approximate surface area is 118 Å². The van der Waals surface area contributed by atoms with Crippen molar-refractivity contribution < 1.29 is 0 Å². The van der Waals surface area contributed by atoms with Crippen LogP contribution in [0.4, 0.5) is 0 Å². The average molecular weight is 653 g/mol. The van der Waals surface area contributed by atoms with E-state index in [-0.39, 0.29) is 0 Å². The summed E-state index contributed by atoms with van der Waals surface area (Å²) in [6, 6.07) is 0. The standard InChI is InChI=1S/C10H24I2Te2/c1-13(2,11)9-7-5-6-8-10-14(3,4)12/h5-10H2,1-4H3. The summed E-state index contributed by atoms with van der Waals surface area (Å²) in [4.78, 5) is 10.1. The quantitative estimate of drug-likeness (QED) is 0.185. The summed E-state index contributed by atoms with van der Waals surface area (Å²) in [5, 5.41) is 0. The van der Waals surface area contributed by atoms with Gasteiger partial charge < -0.3 is 0 Å². The van der Waals surface area contributed by atoms with Crippen LogP contribution in [-0.4, -0.2) is 28.5 Å². The molecule has 0 saturated heterocycles. The van der Waals surface area contributed by atoms with Crippen LogP contribution in [0.15, 0.2) is 0 Å². The SMILES string of the molecule is C[Te](C)(I)CCCCCC[Te](C)(C)I. The van der Waals surface area contributed by atoms with E-state index in [1.807, 2.05) is 0 Å². The Balaban J connectivity index is 3.23. The molecule has 0 aromatic heterocycles. The summed E-state index contributed by atoms with van der Waals surface area (Å²) in [6.07, 6.45) is 6.00. The maximum absolute atomic E-state index is 2.75. The number of unbranched alkanes of at least 4 members (excludes halogenated alkanes) is 3. The van der Waals surface area contributed by atoms with Gasteiger partial charge in [-0.3, -0.25) is 0 Å². The van der Waals surface area contributed by atoms with Crippen molar-refractivity contribution in [1.82, 2.24) is 0 Å². The van der Waals surface area contributed by atoms with Gasteiger partial charge in [0.15, 0.2) is 0 Å². The van der Waals surface area contributed by atoms with E-state index < -0.39 is 28.5 Å². The Morgan fingerprint density at radius 3 is 1.14 bits per heavy atom. The van der Waals surface area contributed by atoms with Crippen LogP contribution in [0.3, 0.4) is 0 Å². The summed E-state index contributed by atoms with van der Waals surface area (Å²) in [6.45, 7) is 0. The van der Waals surface area contributed by atoms with Crippen molar-refractivity contribution in [2.75, 3.05) is 0 Å². The van der Waals surface area contributed by atoms with Gasteiger partial charge in [-0.05, 0) is 0 Å². The van der Waals surface area contributed by atoms with Crippen LogP contribution in [-0.2, 0) is 0 Å². The van der Waals surface area contributed by atoms with E-state index in [9.17, 15) is 0 Å². The van der Waals surface area contributed by atoms with Gasteiger partial charge in [0.2, 0.25) is 0 Å². The van der Waals surface area contributed by atoms with E-state index in [0.29, 0.717) is 0 Å². The molecule has 0 aromatic rings. The van der Waals surface area contributed by atoms with Crippen LogP contribution in [0.2, 0.25) is 28.8 Å². The molecule has 0 aliphatic heterocycles. The monoisotopic (exact) mass is 658 g/mol. The summed E-state index contributed by atoms with van der Waals surface area (Å²) < 4.78 is 3.14. The molecule has 0 bridgehead atoms. The molecule has 0 amide bonds. The van der Waals surface area contributed by atoms with E-state index in [1.165, 1.54) is 25.7 Å². The van der Waals surface area contributed by atoms with Crippen molar-refractivity contribution >= 4 is 65.9 Å². The molecule has 0 aliphatic rings. The third kappa shape index (κ3) is 15.0. The van der Waals surface area contributed by atoms with Gasteiger partial charge in [-0.2, -0.15) is 0 Å².